The van der Waals surface area contributed by atoms with Gasteiger partial charge in [-0.25, -0.2) is 4.79 Å². The molecule has 3 nitrogen and oxygen atoms in total. The monoisotopic (exact) mass is 381 g/mol. The number of carbonyl (C=O) groups is 1. The van der Waals surface area contributed by atoms with Crippen LogP contribution >= 0.6 is 11.6 Å². The summed E-state index contributed by atoms with van der Waals surface area (Å²) in [6.07, 6.45) is 5.54. The number of hydrogen-bond donors (Lipinski definition) is 1. The molecule has 140 valence electrons. The Morgan fingerprint density at radius 1 is 1.22 bits per heavy atom. The third kappa shape index (κ3) is 3.61. The molecule has 1 N–H and O–H groups in total. The third-order valence-corrected chi connectivity index (χ3v) is 5.63. The molecule has 3 atom stereocenters. The van der Waals surface area contributed by atoms with Crippen molar-refractivity contribution >= 4 is 23.3 Å². The van der Waals surface area contributed by atoms with Gasteiger partial charge in [0.1, 0.15) is 0 Å². The number of esters is 1. The lowest BCUT2D eigenvalue weighted by atomic mass is 9.76. The average molecular weight is 382 g/mol. The molecule has 2 aromatic rings. The second-order valence-corrected chi connectivity index (χ2v) is 8.26. The number of hydrogen-bond acceptors (Lipinski definition) is 3. The number of nitrogens with one attached hydrogen (secondary N) is 1. The van der Waals surface area contributed by atoms with Crippen molar-refractivity contribution in [2.75, 3.05) is 11.9 Å². The summed E-state index contributed by atoms with van der Waals surface area (Å²) < 4.78 is 5.40. The van der Waals surface area contributed by atoms with E-state index in [2.05, 4.69) is 29.6 Å². The molecule has 1 heterocycles. The van der Waals surface area contributed by atoms with Crippen molar-refractivity contribution in [2.24, 2.45) is 11.8 Å². The van der Waals surface area contributed by atoms with E-state index < -0.39 is 0 Å². The number of benzene rings is 2. The van der Waals surface area contributed by atoms with Gasteiger partial charge in [0.25, 0.3) is 0 Å². The molecule has 27 heavy (non-hydrogen) atoms. The van der Waals surface area contributed by atoms with E-state index in [1.807, 2.05) is 44.2 Å². The minimum atomic E-state index is -0.246. The molecule has 2 aromatic carbocycles. The summed E-state index contributed by atoms with van der Waals surface area (Å²) >= 11 is 6.06. The molecule has 0 spiro atoms. The number of carbonyl (C=O) groups excluding carboxylic acids is 1. The van der Waals surface area contributed by atoms with Crippen LogP contribution in [0.1, 0.15) is 53.7 Å². The van der Waals surface area contributed by atoms with Crippen molar-refractivity contribution in [3.05, 3.63) is 76.3 Å². The van der Waals surface area contributed by atoms with Gasteiger partial charge >= 0.3 is 5.97 Å². The van der Waals surface area contributed by atoms with Crippen LogP contribution in [-0.4, -0.2) is 12.6 Å². The Morgan fingerprint density at radius 2 is 2.00 bits per heavy atom. The van der Waals surface area contributed by atoms with Crippen molar-refractivity contribution in [1.29, 1.82) is 0 Å². The molecule has 0 amide bonds. The fourth-order valence-corrected chi connectivity index (χ4v) is 4.17. The first kappa shape index (κ1) is 18.1. The van der Waals surface area contributed by atoms with Crippen molar-refractivity contribution in [3.63, 3.8) is 0 Å². The SMILES string of the molecule is CC(C)COC(=O)c1ccc2c(c1)[C@@H]1C=CC[C@@H]1[C@@H](c1ccc(Cl)cc1)N2. The summed E-state index contributed by atoms with van der Waals surface area (Å²) in [4.78, 5) is 12.4. The molecule has 1 aliphatic heterocycles. The van der Waals surface area contributed by atoms with Crippen LogP contribution in [0, 0.1) is 11.8 Å². The first-order valence-corrected chi connectivity index (χ1v) is 9.90. The molecule has 1 aliphatic carbocycles. The lowest BCUT2D eigenvalue weighted by Gasteiger charge is -2.37. The highest BCUT2D eigenvalue weighted by atomic mass is 35.5. The van der Waals surface area contributed by atoms with Gasteiger partial charge in [-0.1, -0.05) is 49.7 Å². The third-order valence-electron chi connectivity index (χ3n) is 5.38. The zero-order valence-corrected chi connectivity index (χ0v) is 16.4. The minimum Gasteiger partial charge on any atom is -0.462 e. The van der Waals surface area contributed by atoms with Crippen LogP contribution in [0.15, 0.2) is 54.6 Å². The Kier molecular flexibility index (Phi) is 4.96. The lowest BCUT2D eigenvalue weighted by molar-refractivity contribution is 0.0459. The van der Waals surface area contributed by atoms with E-state index in [0.29, 0.717) is 29.9 Å². The first-order valence-electron chi connectivity index (χ1n) is 9.52. The molecule has 4 rings (SSSR count). The van der Waals surface area contributed by atoms with E-state index in [9.17, 15) is 4.79 Å². The molecular formula is C23H24ClNO2. The molecule has 0 aromatic heterocycles. The van der Waals surface area contributed by atoms with Gasteiger partial charge in [0.05, 0.1) is 18.2 Å². The quantitative estimate of drug-likeness (QED) is 0.523. The van der Waals surface area contributed by atoms with Gasteiger partial charge in [0.2, 0.25) is 0 Å². The molecule has 2 aliphatic rings. The second-order valence-electron chi connectivity index (χ2n) is 7.82. The number of fused-ring (bicyclic) bond motifs is 3. The van der Waals surface area contributed by atoms with Gasteiger partial charge in [-0.05, 0) is 59.7 Å². The molecule has 0 unspecified atom stereocenters. The van der Waals surface area contributed by atoms with Gasteiger partial charge in [0, 0.05) is 16.6 Å². The zero-order valence-electron chi connectivity index (χ0n) is 15.6. The van der Waals surface area contributed by atoms with E-state index in [4.69, 9.17) is 16.3 Å². The molecule has 0 fully saturated rings. The molecule has 0 saturated heterocycles. The Morgan fingerprint density at radius 3 is 2.74 bits per heavy atom. The summed E-state index contributed by atoms with van der Waals surface area (Å²) in [6.45, 7) is 4.52. The Labute approximate surface area is 165 Å². The maximum absolute atomic E-state index is 12.4. The summed E-state index contributed by atoms with van der Waals surface area (Å²) in [5.74, 6) is 0.820. The molecule has 0 radical (unpaired) electrons. The number of ether oxygens (including phenoxy) is 1. The standard InChI is InChI=1S/C23H24ClNO2/c1-14(2)13-27-23(26)16-8-11-21-20(12-16)18-4-3-5-19(18)22(25-21)15-6-9-17(24)10-7-15/h3-4,6-12,14,18-19,22,25H,5,13H2,1-2H3/t18-,19+,22-/m1/s1. The van der Waals surface area contributed by atoms with Crippen LogP contribution < -0.4 is 5.32 Å². The summed E-state index contributed by atoms with van der Waals surface area (Å²) in [6, 6.07) is 14.2. The average Bonchev–Trinajstić information content (AvgIpc) is 3.16. The van der Waals surface area contributed by atoms with Gasteiger partial charge in [-0.15, -0.1) is 0 Å². The summed E-state index contributed by atoms with van der Waals surface area (Å²) in [5.41, 5.74) is 4.13. The molecule has 0 saturated carbocycles. The van der Waals surface area contributed by atoms with Crippen LogP contribution in [0.2, 0.25) is 5.02 Å². The molecule has 4 heteroatoms. The number of halogens is 1. The van der Waals surface area contributed by atoms with E-state index >= 15 is 0 Å². The fraction of sp³-hybridized carbons (Fsp3) is 0.348. The lowest BCUT2D eigenvalue weighted by Crippen LogP contribution is -2.29. The van der Waals surface area contributed by atoms with Crippen LogP contribution in [0.4, 0.5) is 5.69 Å². The maximum atomic E-state index is 12.4. The Balaban J connectivity index is 1.63. The number of rotatable bonds is 4. The predicted octanol–water partition coefficient (Wildman–Crippen LogP) is 5.98. The second kappa shape index (κ2) is 7.40. The van der Waals surface area contributed by atoms with Gasteiger partial charge in [0.15, 0.2) is 0 Å². The number of anilines is 1. The highest BCUT2D eigenvalue weighted by Crippen LogP contribution is 2.50. The fourth-order valence-electron chi connectivity index (χ4n) is 4.05. The Hall–Kier alpha value is -2.26. The van der Waals surface area contributed by atoms with Crippen molar-refractivity contribution < 1.29 is 9.53 Å². The summed E-state index contributed by atoms with van der Waals surface area (Å²) in [5, 5.41) is 4.44. The van der Waals surface area contributed by atoms with E-state index in [-0.39, 0.29) is 12.0 Å². The zero-order chi connectivity index (χ0) is 19.0. The maximum Gasteiger partial charge on any atom is 0.338 e. The van der Waals surface area contributed by atoms with Crippen LogP contribution in [0.3, 0.4) is 0 Å². The van der Waals surface area contributed by atoms with Crippen molar-refractivity contribution in [3.8, 4) is 0 Å². The first-order chi connectivity index (χ1) is 13.0. The summed E-state index contributed by atoms with van der Waals surface area (Å²) in [7, 11) is 0. The van der Waals surface area contributed by atoms with Crippen LogP contribution in [0.25, 0.3) is 0 Å². The van der Waals surface area contributed by atoms with E-state index in [1.165, 1.54) is 11.1 Å². The van der Waals surface area contributed by atoms with E-state index in [1.54, 1.807) is 0 Å². The molecular weight excluding hydrogens is 358 g/mol. The van der Waals surface area contributed by atoms with Gasteiger partial charge in [-0.3, -0.25) is 0 Å². The highest BCUT2D eigenvalue weighted by Gasteiger charge is 2.38. The number of allylic oxidation sites excluding steroid dienone is 2. The van der Waals surface area contributed by atoms with Gasteiger partial charge in [-0.2, -0.15) is 0 Å². The highest BCUT2D eigenvalue weighted by molar-refractivity contribution is 6.30. The smallest absolute Gasteiger partial charge is 0.338 e. The van der Waals surface area contributed by atoms with E-state index in [0.717, 1.165) is 17.1 Å². The van der Waals surface area contributed by atoms with Crippen LogP contribution in [0.5, 0.6) is 0 Å². The predicted molar refractivity (Wildman–Crippen MR) is 109 cm³/mol. The molecule has 0 bridgehead atoms. The van der Waals surface area contributed by atoms with Crippen LogP contribution in [-0.2, 0) is 4.74 Å². The topological polar surface area (TPSA) is 38.3 Å². The normalized spacial score (nSPS) is 22.9. The largest absolute Gasteiger partial charge is 0.462 e. The Bertz CT molecular complexity index is 872. The van der Waals surface area contributed by atoms with Crippen molar-refractivity contribution in [2.45, 2.75) is 32.2 Å². The minimum absolute atomic E-state index is 0.230. The van der Waals surface area contributed by atoms with Crippen molar-refractivity contribution in [1.82, 2.24) is 0 Å². The van der Waals surface area contributed by atoms with Gasteiger partial charge < -0.3 is 10.1 Å².